The highest BCUT2D eigenvalue weighted by Gasteiger charge is 2.31. The quantitative estimate of drug-likeness (QED) is 0.881. The number of ether oxygens (including phenoxy) is 2. The van der Waals surface area contributed by atoms with E-state index in [1.54, 1.807) is 0 Å². The Hall–Kier alpha value is -1.92. The van der Waals surface area contributed by atoms with Gasteiger partial charge < -0.3 is 19.8 Å². The number of imidazole rings is 1. The van der Waals surface area contributed by atoms with E-state index in [0.29, 0.717) is 25.0 Å². The van der Waals surface area contributed by atoms with Crippen molar-refractivity contribution < 1.29 is 14.3 Å². The SMILES string of the molecule is Cc1ccc2nc(C(=O)N[C@@H]3COCC[C@@H]3OCC3CC3)[nH]c2c1. The molecule has 1 saturated heterocycles. The van der Waals surface area contributed by atoms with E-state index in [2.05, 4.69) is 15.3 Å². The Kier molecular flexibility index (Phi) is 4.24. The number of benzene rings is 1. The third-order valence-electron chi connectivity index (χ3n) is 4.70. The zero-order valence-electron chi connectivity index (χ0n) is 13.9. The number of nitrogens with zero attached hydrogens (tertiary/aromatic N) is 1. The molecule has 0 unspecified atom stereocenters. The second-order valence-electron chi connectivity index (χ2n) is 6.86. The number of aromatic nitrogens is 2. The van der Waals surface area contributed by atoms with Crippen LogP contribution in [0.25, 0.3) is 11.0 Å². The summed E-state index contributed by atoms with van der Waals surface area (Å²) in [6.45, 7) is 3.98. The van der Waals surface area contributed by atoms with E-state index in [1.807, 2.05) is 25.1 Å². The van der Waals surface area contributed by atoms with Crippen molar-refractivity contribution in [3.8, 4) is 0 Å². The van der Waals surface area contributed by atoms with Gasteiger partial charge in [-0.05, 0) is 49.8 Å². The normalized spacial score (nSPS) is 24.2. The van der Waals surface area contributed by atoms with Crippen molar-refractivity contribution in [1.82, 2.24) is 15.3 Å². The van der Waals surface area contributed by atoms with Crippen LogP contribution in [0.1, 0.15) is 35.4 Å². The molecule has 1 aromatic carbocycles. The molecular formula is C18H23N3O3. The summed E-state index contributed by atoms with van der Waals surface area (Å²) in [5.41, 5.74) is 2.81. The predicted molar refractivity (Wildman–Crippen MR) is 90.0 cm³/mol. The van der Waals surface area contributed by atoms with Gasteiger partial charge in [-0.1, -0.05) is 6.07 Å². The second-order valence-corrected chi connectivity index (χ2v) is 6.86. The largest absolute Gasteiger partial charge is 0.379 e. The molecule has 4 rings (SSSR count). The third-order valence-corrected chi connectivity index (χ3v) is 4.70. The summed E-state index contributed by atoms with van der Waals surface area (Å²) in [6, 6.07) is 5.77. The molecule has 6 heteroatoms. The molecule has 0 bridgehead atoms. The van der Waals surface area contributed by atoms with E-state index in [9.17, 15) is 4.79 Å². The van der Waals surface area contributed by atoms with Gasteiger partial charge in [-0.15, -0.1) is 0 Å². The van der Waals surface area contributed by atoms with Crippen LogP contribution in [0.4, 0.5) is 0 Å². The molecule has 2 heterocycles. The molecule has 0 radical (unpaired) electrons. The van der Waals surface area contributed by atoms with E-state index in [-0.39, 0.29) is 18.1 Å². The van der Waals surface area contributed by atoms with Crippen molar-refractivity contribution in [3.63, 3.8) is 0 Å². The first-order valence-corrected chi connectivity index (χ1v) is 8.65. The Morgan fingerprint density at radius 1 is 1.42 bits per heavy atom. The highest BCUT2D eigenvalue weighted by atomic mass is 16.5. The van der Waals surface area contributed by atoms with Crippen LogP contribution in [-0.4, -0.2) is 47.8 Å². The Labute approximate surface area is 140 Å². The van der Waals surface area contributed by atoms with E-state index >= 15 is 0 Å². The molecule has 128 valence electrons. The maximum absolute atomic E-state index is 12.5. The topological polar surface area (TPSA) is 76.2 Å². The lowest BCUT2D eigenvalue weighted by molar-refractivity contribution is -0.0568. The van der Waals surface area contributed by atoms with Crippen LogP contribution in [0.2, 0.25) is 0 Å². The summed E-state index contributed by atoms with van der Waals surface area (Å²) in [4.78, 5) is 20.0. The fourth-order valence-corrected chi connectivity index (χ4v) is 3.06. The summed E-state index contributed by atoms with van der Waals surface area (Å²) < 4.78 is 11.5. The highest BCUT2D eigenvalue weighted by Crippen LogP contribution is 2.30. The van der Waals surface area contributed by atoms with Crippen LogP contribution < -0.4 is 5.32 Å². The summed E-state index contributed by atoms with van der Waals surface area (Å²) in [5.74, 6) is 0.837. The lowest BCUT2D eigenvalue weighted by Gasteiger charge is -2.31. The highest BCUT2D eigenvalue weighted by molar-refractivity contribution is 5.94. The van der Waals surface area contributed by atoms with Crippen molar-refractivity contribution in [2.45, 2.75) is 38.3 Å². The van der Waals surface area contributed by atoms with Gasteiger partial charge in [0.25, 0.3) is 5.91 Å². The number of H-pyrrole nitrogens is 1. The number of nitrogens with one attached hydrogen (secondary N) is 2. The first-order chi connectivity index (χ1) is 11.7. The third kappa shape index (κ3) is 3.44. The van der Waals surface area contributed by atoms with Crippen molar-refractivity contribution in [3.05, 3.63) is 29.6 Å². The first kappa shape index (κ1) is 15.6. The molecule has 2 N–H and O–H groups in total. The minimum Gasteiger partial charge on any atom is -0.379 e. The zero-order chi connectivity index (χ0) is 16.5. The molecular weight excluding hydrogens is 306 g/mol. The number of hydrogen-bond acceptors (Lipinski definition) is 4. The van der Waals surface area contributed by atoms with Gasteiger partial charge in [0.2, 0.25) is 0 Å². The van der Waals surface area contributed by atoms with Crippen LogP contribution >= 0.6 is 0 Å². The number of fused-ring (bicyclic) bond motifs is 1. The van der Waals surface area contributed by atoms with Gasteiger partial charge in [0, 0.05) is 13.2 Å². The number of carbonyl (C=O) groups is 1. The van der Waals surface area contributed by atoms with Gasteiger partial charge in [-0.3, -0.25) is 4.79 Å². The smallest absolute Gasteiger partial charge is 0.287 e. The molecule has 2 aliphatic rings. The van der Waals surface area contributed by atoms with Crippen LogP contribution in [0, 0.1) is 12.8 Å². The summed E-state index contributed by atoms with van der Waals surface area (Å²) >= 11 is 0. The Morgan fingerprint density at radius 2 is 2.29 bits per heavy atom. The van der Waals surface area contributed by atoms with E-state index in [1.165, 1.54) is 12.8 Å². The maximum Gasteiger partial charge on any atom is 0.287 e. The van der Waals surface area contributed by atoms with Crippen molar-refractivity contribution in [1.29, 1.82) is 0 Å². The molecule has 1 aliphatic carbocycles. The average molecular weight is 329 g/mol. The molecule has 1 aliphatic heterocycles. The predicted octanol–water partition coefficient (Wildman–Crippen LogP) is 2.19. The van der Waals surface area contributed by atoms with E-state index in [0.717, 1.165) is 29.6 Å². The van der Waals surface area contributed by atoms with Gasteiger partial charge >= 0.3 is 0 Å². The van der Waals surface area contributed by atoms with Gasteiger partial charge in [-0.2, -0.15) is 0 Å². The molecule has 24 heavy (non-hydrogen) atoms. The molecule has 2 aromatic rings. The minimum absolute atomic E-state index is 0.0231. The van der Waals surface area contributed by atoms with Gasteiger partial charge in [0.05, 0.1) is 29.8 Å². The first-order valence-electron chi connectivity index (χ1n) is 8.65. The lowest BCUT2D eigenvalue weighted by Crippen LogP contribution is -2.51. The Morgan fingerprint density at radius 3 is 3.12 bits per heavy atom. The van der Waals surface area contributed by atoms with Crippen LogP contribution in [0.5, 0.6) is 0 Å². The minimum atomic E-state index is -0.209. The fourth-order valence-electron chi connectivity index (χ4n) is 3.06. The summed E-state index contributed by atoms with van der Waals surface area (Å²) in [6.07, 6.45) is 3.36. The average Bonchev–Trinajstić information content (AvgIpc) is 3.31. The number of hydrogen-bond donors (Lipinski definition) is 2. The molecule has 2 atom stereocenters. The van der Waals surface area contributed by atoms with Gasteiger partial charge in [-0.25, -0.2) is 4.98 Å². The number of aromatic amines is 1. The Bertz CT molecular complexity index is 738. The van der Waals surface area contributed by atoms with Crippen LogP contribution in [0.15, 0.2) is 18.2 Å². The van der Waals surface area contributed by atoms with Crippen molar-refractivity contribution >= 4 is 16.9 Å². The van der Waals surface area contributed by atoms with E-state index < -0.39 is 0 Å². The molecule has 0 spiro atoms. The summed E-state index contributed by atoms with van der Waals surface area (Å²) in [7, 11) is 0. The monoisotopic (exact) mass is 329 g/mol. The second kappa shape index (κ2) is 6.53. The molecule has 1 aromatic heterocycles. The molecule has 1 saturated carbocycles. The molecule has 2 fully saturated rings. The van der Waals surface area contributed by atoms with E-state index in [4.69, 9.17) is 9.47 Å². The number of amides is 1. The standard InChI is InChI=1S/C18H23N3O3/c1-11-2-5-13-14(8-11)20-17(19-13)18(22)21-15-10-23-7-6-16(15)24-9-12-3-4-12/h2,5,8,12,15-16H,3-4,6-7,9-10H2,1H3,(H,19,20)(H,21,22)/t15-,16+/m1/s1. The number of aryl methyl sites for hydroxylation is 1. The summed E-state index contributed by atoms with van der Waals surface area (Å²) in [5, 5.41) is 3.02. The molecule has 1 amide bonds. The van der Waals surface area contributed by atoms with Crippen LogP contribution in [0.3, 0.4) is 0 Å². The number of carbonyl (C=O) groups excluding carboxylic acids is 1. The lowest BCUT2D eigenvalue weighted by atomic mass is 10.1. The van der Waals surface area contributed by atoms with Gasteiger partial charge in [0.15, 0.2) is 5.82 Å². The molecule has 6 nitrogen and oxygen atoms in total. The Balaban J connectivity index is 1.44. The van der Waals surface area contributed by atoms with Crippen molar-refractivity contribution in [2.24, 2.45) is 5.92 Å². The van der Waals surface area contributed by atoms with Crippen molar-refractivity contribution in [2.75, 3.05) is 19.8 Å². The zero-order valence-corrected chi connectivity index (χ0v) is 13.9. The number of rotatable bonds is 5. The van der Waals surface area contributed by atoms with Gasteiger partial charge in [0.1, 0.15) is 0 Å². The van der Waals surface area contributed by atoms with Crippen LogP contribution in [-0.2, 0) is 9.47 Å². The fraction of sp³-hybridized carbons (Fsp3) is 0.556. The maximum atomic E-state index is 12.5.